The van der Waals surface area contributed by atoms with Crippen molar-refractivity contribution < 1.29 is 99.4 Å². The number of carbonyl (C=O) groups excluding carboxylic acids is 4. The number of nitrogens with one attached hydrogen (secondary N) is 1. The zero-order valence-corrected chi connectivity index (χ0v) is 76.4. The van der Waals surface area contributed by atoms with Crippen molar-refractivity contribution in [1.82, 2.24) is 39.5 Å². The number of nitrogen functional groups attached to an aromatic ring is 1. The number of aliphatic hydroxyl groups is 2. The number of hydrogen-bond donors (Lipinski definition) is 5. The third-order valence-electron chi connectivity index (χ3n) is 23.4. The molecule has 36 heteroatoms. The average Bonchev–Trinajstić information content (AvgIpc) is 1.57. The Bertz CT molecular complexity index is 5420. The van der Waals surface area contributed by atoms with Gasteiger partial charge in [-0.05, 0) is 168 Å². The highest BCUT2D eigenvalue weighted by Crippen LogP contribution is 2.52. The van der Waals surface area contributed by atoms with Crippen molar-refractivity contribution in [3.63, 3.8) is 0 Å². The Morgan fingerprint density at radius 3 is 1.35 bits per heavy atom. The molecule has 0 radical (unpaired) electrons. The monoisotopic (exact) mass is 1820 g/mol. The summed E-state index contributed by atoms with van der Waals surface area (Å²) in [5.74, 6) is -0.741. The first-order chi connectivity index (χ1) is 62.8. The summed E-state index contributed by atoms with van der Waals surface area (Å²) >= 11 is 0. The fourth-order valence-corrected chi connectivity index (χ4v) is 19.8. The molecule has 2 unspecified atom stereocenters. The van der Waals surface area contributed by atoms with E-state index in [9.17, 15) is 34.0 Å². The lowest BCUT2D eigenvalue weighted by Gasteiger charge is -2.37. The number of carbonyl (C=O) groups is 4. The number of nitrogens with two attached hydrogens (primary N) is 1. The topological polar surface area (TPSA) is 369 Å². The standard InChI is InChI=1S/C50H63B3N5O12P.C44H54N5O9P/c1-6-7-28-64-48(59)36(2)69-71(62,70-40-22-15-10-16-23-40)35-63-27-17-26-55-43(30-37-18-11-8-12-19-37)45-46(68-50(3,4)67-45)44(31-38-20-13-9-14-21-38)56(49(55)60)32-39-24-25-42-41(29-39)47(54-58(42)51(5)61)57(52-33-65-52)53-34-66-53;1-3-4-25-56-43(52)31(2)57-59(54,58-35-19-12-7-13-20-35)30-55-24-14-23-48-38(27-32-15-8-5-9-16-32)40(50)41(51)39(28-33-17-10-6-11-18-33)49(44(48)53)29-34-21-22-37-36(26-34)42(45)47-46-37/h8-16,18-25,29,36,43-46,61H,6-7,17,26-28,30-35H2,1-5H3;5-13,15-22,26,31,38-41,50-51H,3-4,14,23-25,27-30H2,1-2H3,(H3,45,46,47)/t36-,43+,44+,45-,46-,71?;31-,38+,39+,40-,41-,59?/m00/s1. The molecule has 6 N–H and O–H groups in total. The van der Waals surface area contributed by atoms with Gasteiger partial charge in [0.15, 0.2) is 36.5 Å². The van der Waals surface area contributed by atoms with Crippen molar-refractivity contribution >= 4 is 93.8 Å². The van der Waals surface area contributed by atoms with E-state index in [2.05, 4.69) is 34.5 Å². The molecule has 5 saturated heterocycles. The molecule has 7 heterocycles. The molecular formula is C94H117B3N10O21P2. The minimum atomic E-state index is -4.08. The van der Waals surface area contributed by atoms with Gasteiger partial charge < -0.3 is 92.1 Å². The number of aromatic amines is 1. The predicted molar refractivity (Wildman–Crippen MR) is 495 cm³/mol. The van der Waals surface area contributed by atoms with Crippen molar-refractivity contribution in [2.75, 3.05) is 75.7 Å². The Balaban J connectivity index is 0.000000214. The molecule has 0 saturated carbocycles. The smallest absolute Gasteiger partial charge is 0.431 e. The average molecular weight is 1820 g/mol. The largest absolute Gasteiger partial charge is 0.464 e. The van der Waals surface area contributed by atoms with Gasteiger partial charge in [0.2, 0.25) is 0 Å². The van der Waals surface area contributed by atoms with Crippen LogP contribution in [-0.4, -0.2) is 232 Å². The van der Waals surface area contributed by atoms with Crippen LogP contribution < -0.4 is 19.5 Å². The van der Waals surface area contributed by atoms with Crippen LogP contribution in [0.15, 0.2) is 218 Å². The Labute approximate surface area is 759 Å². The van der Waals surface area contributed by atoms with E-state index in [4.69, 9.17) is 66.7 Å². The van der Waals surface area contributed by atoms with Crippen LogP contribution in [0.3, 0.4) is 0 Å². The van der Waals surface area contributed by atoms with Gasteiger partial charge in [0.25, 0.3) is 0 Å². The number of para-hydroxylation sites is 2. The Morgan fingerprint density at radius 1 is 0.546 bits per heavy atom. The van der Waals surface area contributed by atoms with Crippen LogP contribution in [0.25, 0.3) is 21.8 Å². The highest BCUT2D eigenvalue weighted by atomic mass is 31.2. The van der Waals surface area contributed by atoms with Gasteiger partial charge in [0, 0.05) is 50.2 Å². The number of rotatable bonds is 44. The zero-order chi connectivity index (χ0) is 91.5. The normalized spacial score (nSPS) is 20.8. The van der Waals surface area contributed by atoms with Gasteiger partial charge in [-0.1, -0.05) is 197 Å². The first kappa shape index (κ1) is 95.7. The maximum absolute atomic E-state index is 15.9. The van der Waals surface area contributed by atoms with Crippen molar-refractivity contribution in [1.29, 1.82) is 0 Å². The van der Waals surface area contributed by atoms with Crippen LogP contribution in [0.1, 0.15) is 113 Å². The number of anilines is 2. The summed E-state index contributed by atoms with van der Waals surface area (Å²) in [4.78, 5) is 63.4. The van der Waals surface area contributed by atoms with Gasteiger partial charge in [-0.3, -0.25) is 18.7 Å². The van der Waals surface area contributed by atoms with E-state index in [0.717, 1.165) is 62.6 Å². The summed E-state index contributed by atoms with van der Waals surface area (Å²) in [6.07, 6.45) is -1.83. The van der Waals surface area contributed by atoms with E-state index >= 15 is 9.59 Å². The van der Waals surface area contributed by atoms with Crippen LogP contribution in [-0.2, 0) is 104 Å². The highest BCUT2D eigenvalue weighted by molar-refractivity contribution is 7.54. The molecule has 5 aliphatic heterocycles. The minimum Gasteiger partial charge on any atom is -0.464 e. The van der Waals surface area contributed by atoms with E-state index < -0.39 is 113 Å². The number of benzene rings is 8. The molecule has 15 rings (SSSR count). The molecule has 0 spiro atoms. The lowest BCUT2D eigenvalue weighted by Crippen LogP contribution is -2.52. The fourth-order valence-electron chi connectivity index (χ4n) is 16.8. The van der Waals surface area contributed by atoms with Crippen LogP contribution in [0.2, 0.25) is 6.82 Å². The molecule has 130 heavy (non-hydrogen) atoms. The van der Waals surface area contributed by atoms with Gasteiger partial charge in [-0.2, -0.15) is 10.2 Å². The number of aromatic nitrogens is 4. The molecule has 0 aliphatic carbocycles. The SMILES string of the molecule is CCCCOC(=O)[C@H](C)OP(=O)(COCCCN1C(=O)N(Cc2ccc3[nH]nc(N)c3c2)[C@H](Cc2ccccc2)[C@H](O)[C@@H](O)[C@H]1Cc1ccccc1)Oc1ccccc1.CCCCOC(=O)[C@H](C)OP(=O)(COCCCN1C(=O)N(Cc2ccc3c(c2)c(N(B2CO2)B2CO2)nn3B(C)O)[C@H](Cc2ccccc2)[C@@H]2OC(C)(C)O[C@H]2[C@H]1Cc1ccccc1)Oc1ccccc1. The van der Waals surface area contributed by atoms with Crippen molar-refractivity contribution in [3.05, 3.63) is 252 Å². The lowest BCUT2D eigenvalue weighted by atomic mass is 9.76. The van der Waals surface area contributed by atoms with Crippen molar-refractivity contribution in [3.8, 4) is 11.5 Å². The summed E-state index contributed by atoms with van der Waals surface area (Å²) in [5.41, 5.74) is 13.1. The van der Waals surface area contributed by atoms with Crippen LogP contribution in [0, 0.1) is 0 Å². The van der Waals surface area contributed by atoms with E-state index in [1.54, 1.807) is 81.9 Å². The number of nitrogens with zero attached hydrogens (tertiary/aromatic N) is 8. The maximum atomic E-state index is 15.9. The third-order valence-corrected chi connectivity index (χ3v) is 26.6. The minimum absolute atomic E-state index is 0.0190. The first-order valence-corrected chi connectivity index (χ1v) is 48.3. The van der Waals surface area contributed by atoms with Gasteiger partial charge >= 0.3 is 60.3 Å². The number of urea groups is 2. The number of esters is 2. The molecule has 8 aromatic carbocycles. The summed E-state index contributed by atoms with van der Waals surface area (Å²) in [6, 6.07) is 64.7. The highest BCUT2D eigenvalue weighted by Gasteiger charge is 2.57. The second kappa shape index (κ2) is 44.7. The van der Waals surface area contributed by atoms with Gasteiger partial charge in [-0.15, -0.1) is 0 Å². The maximum Gasteiger partial charge on any atom is 0.431 e. The first-order valence-electron chi connectivity index (χ1n) is 44.8. The number of aliphatic hydroxyl groups excluding tert-OH is 2. The molecular weight excluding hydrogens is 1700 g/mol. The van der Waals surface area contributed by atoms with E-state index in [1.807, 2.05) is 176 Å². The van der Waals surface area contributed by atoms with E-state index in [-0.39, 0.29) is 104 Å². The molecule has 2 aromatic heterocycles. The Kier molecular flexibility index (Phi) is 32.9. The molecule has 688 valence electrons. The molecule has 12 atom stereocenters. The Hall–Kier alpha value is -10.4. The van der Waals surface area contributed by atoms with Crippen LogP contribution >= 0.6 is 15.2 Å². The molecule has 5 aliphatic rings. The summed E-state index contributed by atoms with van der Waals surface area (Å²) in [5, 5.41) is 48.4. The quantitative estimate of drug-likeness (QED) is 0.00778. The predicted octanol–water partition coefficient (Wildman–Crippen LogP) is 14.0. The number of ether oxygens (including phenoxy) is 6. The second-order valence-corrected chi connectivity index (χ2v) is 37.6. The van der Waals surface area contributed by atoms with Crippen molar-refractivity contribution in [2.45, 2.75) is 192 Å². The molecule has 4 amide bonds. The summed E-state index contributed by atoms with van der Waals surface area (Å²) in [6.45, 7) is 14.7. The zero-order valence-electron chi connectivity index (χ0n) is 74.6. The lowest BCUT2D eigenvalue weighted by molar-refractivity contribution is -0.157. The molecule has 5 fully saturated rings. The summed E-state index contributed by atoms with van der Waals surface area (Å²) < 4.78 is 103. The summed E-state index contributed by atoms with van der Waals surface area (Å²) in [7, 11) is -9.43. The molecule has 31 nitrogen and oxygen atoms in total. The third kappa shape index (κ3) is 25.1. The van der Waals surface area contributed by atoms with Gasteiger partial charge in [0.05, 0.1) is 61.4 Å². The van der Waals surface area contributed by atoms with E-state index in [1.165, 1.54) is 13.8 Å². The number of amides is 4. The number of hydrogen-bond acceptors (Lipinski definition) is 25. The number of fused-ring (bicyclic) bond motifs is 3. The number of H-pyrrole nitrogens is 1. The number of unbranched alkanes of at least 4 members (excludes halogenated alkanes) is 2. The van der Waals surface area contributed by atoms with E-state index in [0.29, 0.717) is 67.9 Å². The van der Waals surface area contributed by atoms with Crippen LogP contribution in [0.5, 0.6) is 11.5 Å². The van der Waals surface area contributed by atoms with Crippen LogP contribution in [0.4, 0.5) is 21.2 Å². The Morgan fingerprint density at radius 2 is 0.931 bits per heavy atom. The molecule has 0 bridgehead atoms. The second-order valence-electron chi connectivity index (χ2n) is 33.9. The fraction of sp³-hybridized carbons (Fsp3) is 0.426. The molecule has 10 aromatic rings. The van der Waals surface area contributed by atoms with Gasteiger partial charge in [-0.25, -0.2) is 28.3 Å². The van der Waals surface area contributed by atoms with Gasteiger partial charge in [0.1, 0.15) is 41.7 Å². The van der Waals surface area contributed by atoms with Crippen molar-refractivity contribution in [2.24, 2.45) is 0 Å².